The molecule has 1 heterocycles. The zero-order valence-corrected chi connectivity index (χ0v) is 12.6. The van der Waals surface area contributed by atoms with Crippen LogP contribution in [0, 0.1) is 5.82 Å². The summed E-state index contributed by atoms with van der Waals surface area (Å²) in [5, 5.41) is 0. The lowest BCUT2D eigenvalue weighted by molar-refractivity contribution is 0.159. The van der Waals surface area contributed by atoms with E-state index in [0.717, 1.165) is 18.6 Å². The molecular formula is C14H21FN4O2. The molecule has 0 saturated carbocycles. The first kappa shape index (κ1) is 15.5. The summed E-state index contributed by atoms with van der Waals surface area (Å²) in [6, 6.07) is 2.97. The number of ether oxygens (including phenoxy) is 2. The quantitative estimate of drug-likeness (QED) is 0.835. The van der Waals surface area contributed by atoms with E-state index >= 15 is 0 Å². The van der Waals surface area contributed by atoms with Crippen LogP contribution in [0.1, 0.15) is 0 Å². The molecule has 2 N–H and O–H groups in total. The Kier molecular flexibility index (Phi) is 4.98. The second-order valence-corrected chi connectivity index (χ2v) is 4.89. The number of methoxy groups -OCH3 is 2. The van der Waals surface area contributed by atoms with E-state index in [4.69, 9.17) is 15.2 Å². The third-order valence-electron chi connectivity index (χ3n) is 3.43. The maximum atomic E-state index is 13.7. The van der Waals surface area contributed by atoms with Crippen LogP contribution in [-0.2, 0) is 11.3 Å². The number of hydrogen-bond acceptors (Lipinski definition) is 5. The van der Waals surface area contributed by atoms with Crippen molar-refractivity contribution >= 4 is 17.0 Å². The fourth-order valence-electron chi connectivity index (χ4n) is 2.17. The number of imidazole rings is 1. The van der Waals surface area contributed by atoms with Crippen molar-refractivity contribution in [1.29, 1.82) is 0 Å². The Hall–Kier alpha value is -1.86. The Morgan fingerprint density at radius 2 is 2.10 bits per heavy atom. The summed E-state index contributed by atoms with van der Waals surface area (Å²) in [5.41, 5.74) is 7.23. The second-order valence-electron chi connectivity index (χ2n) is 4.89. The molecule has 0 bridgehead atoms. The molecule has 0 amide bonds. The number of halogens is 1. The summed E-state index contributed by atoms with van der Waals surface area (Å²) < 4.78 is 25.6. The summed E-state index contributed by atoms with van der Waals surface area (Å²) in [6.07, 6.45) is 0. The maximum absolute atomic E-state index is 13.7. The van der Waals surface area contributed by atoms with Gasteiger partial charge in [-0.3, -0.25) is 0 Å². The molecule has 6 nitrogen and oxygen atoms in total. The zero-order chi connectivity index (χ0) is 15.4. The van der Waals surface area contributed by atoms with Crippen molar-refractivity contribution in [3.05, 3.63) is 17.9 Å². The summed E-state index contributed by atoms with van der Waals surface area (Å²) in [7, 11) is 5.12. The zero-order valence-electron chi connectivity index (χ0n) is 12.6. The third-order valence-corrected chi connectivity index (χ3v) is 3.43. The number of hydrogen-bond donors (Lipinski definition) is 1. The van der Waals surface area contributed by atoms with Gasteiger partial charge in [-0.05, 0) is 7.05 Å². The number of aromatic nitrogens is 2. The van der Waals surface area contributed by atoms with Gasteiger partial charge in [0.2, 0.25) is 5.95 Å². The largest absolute Gasteiger partial charge is 0.494 e. The third kappa shape index (κ3) is 3.43. The van der Waals surface area contributed by atoms with E-state index in [0.29, 0.717) is 24.6 Å². The van der Waals surface area contributed by atoms with Gasteiger partial charge in [0, 0.05) is 38.9 Å². The predicted octanol–water partition coefficient (Wildman–Crippen LogP) is 1.34. The SMILES string of the molecule is COCCN(C)CCn1c(N)nc2cc(F)c(OC)cc21. The topological polar surface area (TPSA) is 65.5 Å². The van der Waals surface area contributed by atoms with Crippen LogP contribution in [0.5, 0.6) is 5.75 Å². The van der Waals surface area contributed by atoms with Crippen LogP contribution < -0.4 is 10.5 Å². The Morgan fingerprint density at radius 3 is 2.76 bits per heavy atom. The first-order chi connectivity index (χ1) is 10.1. The van der Waals surface area contributed by atoms with Crippen molar-refractivity contribution in [3.63, 3.8) is 0 Å². The maximum Gasteiger partial charge on any atom is 0.201 e. The van der Waals surface area contributed by atoms with Crippen molar-refractivity contribution in [2.75, 3.05) is 46.7 Å². The number of anilines is 1. The summed E-state index contributed by atoms with van der Waals surface area (Å²) in [5.74, 6) is 0.126. The van der Waals surface area contributed by atoms with Crippen LogP contribution in [0.15, 0.2) is 12.1 Å². The molecular weight excluding hydrogens is 275 g/mol. The Balaban J connectivity index is 2.20. The highest BCUT2D eigenvalue weighted by Crippen LogP contribution is 2.26. The minimum absolute atomic E-state index is 0.191. The van der Waals surface area contributed by atoms with Gasteiger partial charge < -0.3 is 24.7 Å². The molecule has 0 saturated heterocycles. The molecule has 0 atom stereocenters. The number of benzene rings is 1. The highest BCUT2D eigenvalue weighted by molar-refractivity contribution is 5.80. The lowest BCUT2D eigenvalue weighted by Gasteiger charge is -2.17. The number of rotatable bonds is 7. The van der Waals surface area contributed by atoms with Gasteiger partial charge in [-0.2, -0.15) is 0 Å². The van der Waals surface area contributed by atoms with E-state index in [-0.39, 0.29) is 5.75 Å². The summed E-state index contributed by atoms with van der Waals surface area (Å²) >= 11 is 0. The van der Waals surface area contributed by atoms with Gasteiger partial charge in [0.25, 0.3) is 0 Å². The molecule has 2 rings (SSSR count). The Bertz CT molecular complexity index is 615. The summed E-state index contributed by atoms with van der Waals surface area (Å²) in [6.45, 7) is 2.97. The van der Waals surface area contributed by atoms with Crippen LogP contribution >= 0.6 is 0 Å². The van der Waals surface area contributed by atoms with E-state index in [2.05, 4.69) is 9.88 Å². The van der Waals surface area contributed by atoms with Gasteiger partial charge in [-0.15, -0.1) is 0 Å². The number of fused-ring (bicyclic) bond motifs is 1. The Labute approximate surface area is 123 Å². The number of nitrogens with two attached hydrogens (primary N) is 1. The van der Waals surface area contributed by atoms with Crippen molar-refractivity contribution in [2.45, 2.75) is 6.54 Å². The molecule has 1 aromatic carbocycles. The normalized spacial score (nSPS) is 11.5. The lowest BCUT2D eigenvalue weighted by Crippen LogP contribution is -2.27. The molecule has 0 unspecified atom stereocenters. The van der Waals surface area contributed by atoms with Crippen molar-refractivity contribution in [1.82, 2.24) is 14.5 Å². The van der Waals surface area contributed by atoms with Crippen LogP contribution in [0.4, 0.5) is 10.3 Å². The molecule has 0 aliphatic heterocycles. The van der Waals surface area contributed by atoms with Crippen LogP contribution in [-0.4, -0.2) is 55.4 Å². The second kappa shape index (κ2) is 6.73. The van der Waals surface area contributed by atoms with Gasteiger partial charge in [0.1, 0.15) is 0 Å². The van der Waals surface area contributed by atoms with Crippen LogP contribution in [0.3, 0.4) is 0 Å². The molecule has 0 aliphatic rings. The lowest BCUT2D eigenvalue weighted by atomic mass is 10.3. The van der Waals surface area contributed by atoms with Gasteiger partial charge in [-0.1, -0.05) is 0 Å². The standard InChI is InChI=1S/C14H21FN4O2/c1-18(6-7-20-2)4-5-19-12-9-13(21-3)10(15)8-11(12)17-14(19)16/h8-9H,4-7H2,1-3H3,(H2,16,17). The van der Waals surface area contributed by atoms with E-state index in [1.165, 1.54) is 13.2 Å². The molecule has 0 radical (unpaired) electrons. The van der Waals surface area contributed by atoms with Gasteiger partial charge in [0.05, 0.1) is 24.8 Å². The number of nitrogen functional groups attached to an aromatic ring is 1. The van der Waals surface area contributed by atoms with Gasteiger partial charge in [-0.25, -0.2) is 9.37 Å². The van der Waals surface area contributed by atoms with E-state index in [1.54, 1.807) is 13.2 Å². The highest BCUT2D eigenvalue weighted by Gasteiger charge is 2.13. The fraction of sp³-hybridized carbons (Fsp3) is 0.500. The van der Waals surface area contributed by atoms with E-state index < -0.39 is 5.82 Å². The van der Waals surface area contributed by atoms with Gasteiger partial charge >= 0.3 is 0 Å². The molecule has 7 heteroatoms. The monoisotopic (exact) mass is 296 g/mol. The van der Waals surface area contributed by atoms with Crippen molar-refractivity contribution < 1.29 is 13.9 Å². The molecule has 0 spiro atoms. The average molecular weight is 296 g/mol. The summed E-state index contributed by atoms with van der Waals surface area (Å²) in [4.78, 5) is 6.33. The number of nitrogens with zero attached hydrogens (tertiary/aromatic N) is 3. The molecule has 21 heavy (non-hydrogen) atoms. The molecule has 0 fully saturated rings. The van der Waals surface area contributed by atoms with Crippen LogP contribution in [0.25, 0.3) is 11.0 Å². The first-order valence-corrected chi connectivity index (χ1v) is 6.73. The fourth-order valence-corrected chi connectivity index (χ4v) is 2.17. The van der Waals surface area contributed by atoms with Crippen LogP contribution in [0.2, 0.25) is 0 Å². The first-order valence-electron chi connectivity index (χ1n) is 6.73. The molecule has 2 aromatic rings. The number of likely N-dealkylation sites (N-methyl/N-ethyl adjacent to an activating group) is 1. The highest BCUT2D eigenvalue weighted by atomic mass is 19.1. The minimum Gasteiger partial charge on any atom is -0.494 e. The minimum atomic E-state index is -0.438. The average Bonchev–Trinajstić information content (AvgIpc) is 2.76. The molecule has 0 aliphatic carbocycles. The molecule has 116 valence electrons. The Morgan fingerprint density at radius 1 is 1.33 bits per heavy atom. The van der Waals surface area contributed by atoms with E-state index in [9.17, 15) is 4.39 Å². The van der Waals surface area contributed by atoms with E-state index in [1.807, 2.05) is 11.6 Å². The van der Waals surface area contributed by atoms with Crippen molar-refractivity contribution in [3.8, 4) is 5.75 Å². The van der Waals surface area contributed by atoms with Crippen molar-refractivity contribution in [2.24, 2.45) is 0 Å². The smallest absolute Gasteiger partial charge is 0.201 e. The van der Waals surface area contributed by atoms with Gasteiger partial charge in [0.15, 0.2) is 11.6 Å². The molecule has 1 aromatic heterocycles. The predicted molar refractivity (Wildman–Crippen MR) is 80.0 cm³/mol.